The van der Waals surface area contributed by atoms with Crippen LogP contribution in [0.1, 0.15) is 31.2 Å². The van der Waals surface area contributed by atoms with Crippen LogP contribution < -0.4 is 4.74 Å². The molecule has 0 unspecified atom stereocenters. The lowest BCUT2D eigenvalue weighted by atomic mass is 9.88. The van der Waals surface area contributed by atoms with E-state index in [4.69, 9.17) is 4.74 Å². The summed E-state index contributed by atoms with van der Waals surface area (Å²) in [6, 6.07) is 8.37. The van der Waals surface area contributed by atoms with Gasteiger partial charge in [0.1, 0.15) is 5.75 Å². The molecule has 1 aromatic rings. The molecule has 0 saturated heterocycles. The maximum Gasteiger partial charge on any atom is 0.119 e. The van der Waals surface area contributed by atoms with Crippen LogP contribution in [0.2, 0.25) is 0 Å². The van der Waals surface area contributed by atoms with Gasteiger partial charge in [-0.05, 0) is 43.0 Å². The Morgan fingerprint density at radius 1 is 1.32 bits per heavy atom. The summed E-state index contributed by atoms with van der Waals surface area (Å²) in [5, 5.41) is 1.13. The Labute approximate surface area is 125 Å². The van der Waals surface area contributed by atoms with Crippen LogP contribution in [0.3, 0.4) is 0 Å². The highest BCUT2D eigenvalue weighted by Crippen LogP contribution is 2.40. The highest BCUT2D eigenvalue weighted by atomic mass is 79.9. The average Bonchev–Trinajstić information content (AvgIpc) is 2.88. The standard InChI is InChI=1S/C16H24BrNO/c1-18(13-16(12-17)8-3-4-9-16)11-14-6-5-7-15(10-14)19-2/h5-7,10H,3-4,8-9,11-13H2,1-2H3. The highest BCUT2D eigenvalue weighted by Gasteiger charge is 2.33. The van der Waals surface area contributed by atoms with Gasteiger partial charge in [-0.15, -0.1) is 0 Å². The van der Waals surface area contributed by atoms with Gasteiger partial charge in [-0.1, -0.05) is 40.9 Å². The van der Waals surface area contributed by atoms with Crippen molar-refractivity contribution in [1.82, 2.24) is 4.90 Å². The van der Waals surface area contributed by atoms with E-state index in [-0.39, 0.29) is 0 Å². The second-order valence-corrected chi connectivity index (χ2v) is 6.43. The van der Waals surface area contributed by atoms with E-state index >= 15 is 0 Å². The van der Waals surface area contributed by atoms with Crippen LogP contribution in [0.25, 0.3) is 0 Å². The van der Waals surface area contributed by atoms with E-state index < -0.39 is 0 Å². The minimum absolute atomic E-state index is 0.494. The summed E-state index contributed by atoms with van der Waals surface area (Å²) in [5.74, 6) is 0.946. The quantitative estimate of drug-likeness (QED) is 0.730. The van der Waals surface area contributed by atoms with Gasteiger partial charge in [0.05, 0.1) is 7.11 Å². The first kappa shape index (κ1) is 14.9. The third-order valence-corrected chi connectivity index (χ3v) is 5.33. The van der Waals surface area contributed by atoms with Gasteiger partial charge in [0.2, 0.25) is 0 Å². The summed E-state index contributed by atoms with van der Waals surface area (Å²) < 4.78 is 5.28. The van der Waals surface area contributed by atoms with E-state index in [1.807, 2.05) is 6.07 Å². The smallest absolute Gasteiger partial charge is 0.119 e. The summed E-state index contributed by atoms with van der Waals surface area (Å²) in [5.41, 5.74) is 1.82. The molecule has 106 valence electrons. The summed E-state index contributed by atoms with van der Waals surface area (Å²) in [6.45, 7) is 2.17. The second kappa shape index (κ2) is 6.76. The molecule has 0 N–H and O–H groups in total. The minimum atomic E-state index is 0.494. The molecule has 0 bridgehead atoms. The molecule has 19 heavy (non-hydrogen) atoms. The van der Waals surface area contributed by atoms with Gasteiger partial charge in [-0.3, -0.25) is 0 Å². The zero-order chi connectivity index (χ0) is 13.7. The third kappa shape index (κ3) is 3.96. The molecule has 0 aromatic heterocycles. The molecule has 1 aliphatic carbocycles. The predicted molar refractivity (Wildman–Crippen MR) is 84.0 cm³/mol. The van der Waals surface area contributed by atoms with E-state index in [9.17, 15) is 0 Å². The number of nitrogens with zero attached hydrogens (tertiary/aromatic N) is 1. The monoisotopic (exact) mass is 325 g/mol. The fourth-order valence-electron chi connectivity index (χ4n) is 3.17. The molecule has 1 fully saturated rings. The first-order chi connectivity index (χ1) is 9.17. The average molecular weight is 326 g/mol. The molecule has 1 aromatic carbocycles. The predicted octanol–water partition coefficient (Wildman–Crippen LogP) is 4.08. The van der Waals surface area contributed by atoms with Crippen molar-refractivity contribution in [2.75, 3.05) is 26.0 Å². The SMILES string of the molecule is COc1cccc(CN(C)CC2(CBr)CCCC2)c1. The maximum atomic E-state index is 5.28. The number of alkyl halides is 1. The summed E-state index contributed by atoms with van der Waals surface area (Å²) in [6.07, 6.45) is 5.50. The molecule has 1 saturated carbocycles. The molecule has 0 spiro atoms. The number of hydrogen-bond donors (Lipinski definition) is 0. The highest BCUT2D eigenvalue weighted by molar-refractivity contribution is 9.09. The van der Waals surface area contributed by atoms with Crippen molar-refractivity contribution in [3.63, 3.8) is 0 Å². The molecule has 0 amide bonds. The first-order valence-corrected chi connectivity index (χ1v) is 8.17. The van der Waals surface area contributed by atoms with E-state index in [0.717, 1.165) is 17.6 Å². The zero-order valence-corrected chi connectivity index (χ0v) is 13.6. The van der Waals surface area contributed by atoms with Crippen molar-refractivity contribution in [1.29, 1.82) is 0 Å². The van der Waals surface area contributed by atoms with Crippen molar-refractivity contribution >= 4 is 15.9 Å². The summed E-state index contributed by atoms with van der Waals surface area (Å²) in [4.78, 5) is 2.45. The van der Waals surface area contributed by atoms with Crippen molar-refractivity contribution in [3.8, 4) is 5.75 Å². The molecule has 1 aliphatic rings. The van der Waals surface area contributed by atoms with Crippen LogP contribution in [-0.4, -0.2) is 30.9 Å². The Kier molecular flexibility index (Phi) is 5.28. The largest absolute Gasteiger partial charge is 0.497 e. The van der Waals surface area contributed by atoms with Gasteiger partial charge in [0.15, 0.2) is 0 Å². The number of halogens is 1. The van der Waals surface area contributed by atoms with Crippen molar-refractivity contribution in [2.24, 2.45) is 5.41 Å². The Bertz CT molecular complexity index is 401. The lowest BCUT2D eigenvalue weighted by Crippen LogP contribution is -2.34. The van der Waals surface area contributed by atoms with Gasteiger partial charge < -0.3 is 9.64 Å². The van der Waals surface area contributed by atoms with Gasteiger partial charge in [0.25, 0.3) is 0 Å². The molecular formula is C16H24BrNO. The molecule has 0 radical (unpaired) electrons. The Morgan fingerprint density at radius 3 is 2.68 bits per heavy atom. The van der Waals surface area contributed by atoms with E-state index in [1.54, 1.807) is 7.11 Å². The summed E-state index contributed by atoms with van der Waals surface area (Å²) >= 11 is 3.72. The van der Waals surface area contributed by atoms with Crippen molar-refractivity contribution in [2.45, 2.75) is 32.2 Å². The minimum Gasteiger partial charge on any atom is -0.497 e. The second-order valence-electron chi connectivity index (χ2n) is 5.86. The normalized spacial score (nSPS) is 17.9. The Morgan fingerprint density at radius 2 is 2.05 bits per heavy atom. The number of benzene rings is 1. The van der Waals surface area contributed by atoms with Crippen molar-refractivity contribution < 1.29 is 4.74 Å². The number of ether oxygens (including phenoxy) is 1. The van der Waals surface area contributed by atoms with E-state index in [1.165, 1.54) is 37.8 Å². The lowest BCUT2D eigenvalue weighted by molar-refractivity contribution is 0.196. The van der Waals surface area contributed by atoms with Crippen LogP contribution in [-0.2, 0) is 6.54 Å². The molecule has 2 rings (SSSR count). The summed E-state index contributed by atoms with van der Waals surface area (Å²) in [7, 11) is 3.95. The van der Waals surface area contributed by atoms with Crippen molar-refractivity contribution in [3.05, 3.63) is 29.8 Å². The van der Waals surface area contributed by atoms with Gasteiger partial charge in [-0.2, -0.15) is 0 Å². The fraction of sp³-hybridized carbons (Fsp3) is 0.625. The van der Waals surface area contributed by atoms with Crippen LogP contribution in [0.4, 0.5) is 0 Å². The number of hydrogen-bond acceptors (Lipinski definition) is 2. The molecular weight excluding hydrogens is 302 g/mol. The van der Waals surface area contributed by atoms with Gasteiger partial charge in [0, 0.05) is 18.4 Å². The Hall–Kier alpha value is -0.540. The van der Waals surface area contributed by atoms with E-state index in [0.29, 0.717) is 5.41 Å². The number of rotatable bonds is 6. The zero-order valence-electron chi connectivity index (χ0n) is 12.0. The van der Waals surface area contributed by atoms with Gasteiger partial charge >= 0.3 is 0 Å². The van der Waals surface area contributed by atoms with Crippen LogP contribution >= 0.6 is 15.9 Å². The fourth-order valence-corrected chi connectivity index (χ4v) is 3.91. The molecule has 0 heterocycles. The maximum absolute atomic E-state index is 5.28. The lowest BCUT2D eigenvalue weighted by Gasteiger charge is -2.32. The molecule has 0 atom stereocenters. The molecule has 2 nitrogen and oxygen atoms in total. The molecule has 0 aliphatic heterocycles. The van der Waals surface area contributed by atoms with E-state index in [2.05, 4.69) is 46.1 Å². The molecule has 3 heteroatoms. The third-order valence-electron chi connectivity index (χ3n) is 4.14. The first-order valence-electron chi connectivity index (χ1n) is 7.05. The van der Waals surface area contributed by atoms with Crippen LogP contribution in [0.15, 0.2) is 24.3 Å². The Balaban J connectivity index is 1.94. The van der Waals surface area contributed by atoms with Crippen LogP contribution in [0, 0.1) is 5.41 Å². The van der Waals surface area contributed by atoms with Crippen LogP contribution in [0.5, 0.6) is 5.75 Å². The number of methoxy groups -OCH3 is 1. The topological polar surface area (TPSA) is 12.5 Å². The van der Waals surface area contributed by atoms with Gasteiger partial charge in [-0.25, -0.2) is 0 Å².